The number of aromatic nitrogens is 1. The van der Waals surface area contributed by atoms with Gasteiger partial charge in [-0.05, 0) is 42.8 Å². The first-order valence-corrected chi connectivity index (χ1v) is 9.84. The largest absolute Gasteiger partial charge is 0.494 e. The fourth-order valence-corrected chi connectivity index (χ4v) is 2.96. The standard InChI is InChI=1S/C19H17NO3.C4H9NO/c1-2-11-23-14-9-7-13(8-10-14)18-12-16(19(21)22)15-5-3-4-6-17(15)20-18;1-3-6-4-2-5-1/h3-10,12H,2,11H2,1H3,(H,21,22);5H,1-4H2. The Morgan fingerprint density at radius 3 is 2.45 bits per heavy atom. The first kappa shape index (κ1) is 20.8. The van der Waals surface area contributed by atoms with E-state index in [1.165, 1.54) is 0 Å². The van der Waals surface area contributed by atoms with Gasteiger partial charge < -0.3 is 19.9 Å². The summed E-state index contributed by atoms with van der Waals surface area (Å²) in [5, 5.41) is 13.3. The van der Waals surface area contributed by atoms with Crippen LogP contribution in [0.4, 0.5) is 0 Å². The van der Waals surface area contributed by atoms with Gasteiger partial charge in [0.05, 0.1) is 36.6 Å². The van der Waals surface area contributed by atoms with Crippen molar-refractivity contribution < 1.29 is 19.4 Å². The predicted octanol–water partition coefficient (Wildman–Crippen LogP) is 4.00. The third-order valence-electron chi connectivity index (χ3n) is 4.42. The summed E-state index contributed by atoms with van der Waals surface area (Å²) in [5.74, 6) is -0.150. The third-order valence-corrected chi connectivity index (χ3v) is 4.42. The molecular formula is C23H26N2O4. The second kappa shape index (κ2) is 10.5. The molecule has 0 amide bonds. The van der Waals surface area contributed by atoms with Crippen molar-refractivity contribution in [1.29, 1.82) is 0 Å². The van der Waals surface area contributed by atoms with Gasteiger partial charge in [0.15, 0.2) is 0 Å². The smallest absolute Gasteiger partial charge is 0.336 e. The average molecular weight is 394 g/mol. The number of carboxylic acid groups (broad SMARTS) is 1. The van der Waals surface area contributed by atoms with Gasteiger partial charge >= 0.3 is 5.97 Å². The number of pyridine rings is 1. The van der Waals surface area contributed by atoms with Crippen molar-refractivity contribution in [2.75, 3.05) is 32.9 Å². The zero-order valence-corrected chi connectivity index (χ0v) is 16.6. The molecule has 29 heavy (non-hydrogen) atoms. The van der Waals surface area contributed by atoms with Gasteiger partial charge in [0.25, 0.3) is 0 Å². The van der Waals surface area contributed by atoms with Gasteiger partial charge in [-0.2, -0.15) is 0 Å². The Balaban J connectivity index is 0.000000343. The number of benzene rings is 2. The molecule has 0 unspecified atom stereocenters. The van der Waals surface area contributed by atoms with E-state index in [2.05, 4.69) is 17.2 Å². The molecular weight excluding hydrogens is 368 g/mol. The average Bonchev–Trinajstić information content (AvgIpc) is 2.79. The number of hydrogen-bond acceptors (Lipinski definition) is 5. The molecule has 1 aliphatic heterocycles. The van der Waals surface area contributed by atoms with E-state index in [-0.39, 0.29) is 5.56 Å². The Kier molecular flexibility index (Phi) is 7.55. The fourth-order valence-electron chi connectivity index (χ4n) is 2.96. The van der Waals surface area contributed by atoms with Crippen LogP contribution in [0.3, 0.4) is 0 Å². The first-order valence-electron chi connectivity index (χ1n) is 9.84. The van der Waals surface area contributed by atoms with E-state index in [4.69, 9.17) is 9.47 Å². The van der Waals surface area contributed by atoms with E-state index < -0.39 is 5.97 Å². The molecule has 6 heteroatoms. The summed E-state index contributed by atoms with van der Waals surface area (Å²) < 4.78 is 10.6. The normalized spacial score (nSPS) is 13.4. The Labute approximate surface area is 170 Å². The molecule has 0 radical (unpaired) electrons. The van der Waals surface area contributed by atoms with Crippen molar-refractivity contribution >= 4 is 16.9 Å². The Morgan fingerprint density at radius 1 is 1.14 bits per heavy atom. The zero-order chi connectivity index (χ0) is 20.5. The molecule has 2 aromatic carbocycles. The van der Waals surface area contributed by atoms with Gasteiger partial charge in [0, 0.05) is 24.0 Å². The number of aromatic carboxylic acids is 1. The zero-order valence-electron chi connectivity index (χ0n) is 16.6. The van der Waals surface area contributed by atoms with Crippen molar-refractivity contribution in [1.82, 2.24) is 10.3 Å². The summed E-state index contributed by atoms with van der Waals surface area (Å²) in [4.78, 5) is 16.1. The summed E-state index contributed by atoms with van der Waals surface area (Å²) in [6.07, 6.45) is 0.954. The van der Waals surface area contributed by atoms with Crippen LogP contribution < -0.4 is 10.1 Å². The van der Waals surface area contributed by atoms with Crippen LogP contribution in [0.25, 0.3) is 22.2 Å². The van der Waals surface area contributed by atoms with Crippen molar-refractivity contribution in [3.8, 4) is 17.0 Å². The molecule has 2 heterocycles. The van der Waals surface area contributed by atoms with Gasteiger partial charge in [-0.1, -0.05) is 25.1 Å². The van der Waals surface area contributed by atoms with Crippen LogP contribution in [-0.4, -0.2) is 49.0 Å². The number of hydrogen-bond donors (Lipinski definition) is 2. The number of carboxylic acids is 1. The Morgan fingerprint density at radius 2 is 1.86 bits per heavy atom. The van der Waals surface area contributed by atoms with Gasteiger partial charge in [-0.25, -0.2) is 9.78 Å². The maximum atomic E-state index is 11.5. The molecule has 3 aromatic rings. The van der Waals surface area contributed by atoms with Crippen LogP contribution in [0.1, 0.15) is 23.7 Å². The summed E-state index contributed by atoms with van der Waals surface area (Å²) in [6, 6.07) is 16.4. The van der Waals surface area contributed by atoms with E-state index in [0.29, 0.717) is 23.2 Å². The molecule has 152 valence electrons. The summed E-state index contributed by atoms with van der Waals surface area (Å²) >= 11 is 0. The second-order valence-corrected chi connectivity index (χ2v) is 6.61. The van der Waals surface area contributed by atoms with E-state index in [1.54, 1.807) is 12.1 Å². The first-order chi connectivity index (χ1) is 14.2. The quantitative estimate of drug-likeness (QED) is 0.681. The van der Waals surface area contributed by atoms with E-state index in [9.17, 15) is 9.90 Å². The lowest BCUT2D eigenvalue weighted by Crippen LogP contribution is -2.30. The molecule has 1 aliphatic rings. The molecule has 1 fully saturated rings. The number of rotatable bonds is 5. The number of morpholine rings is 1. The second-order valence-electron chi connectivity index (χ2n) is 6.61. The summed E-state index contributed by atoms with van der Waals surface area (Å²) in [7, 11) is 0. The molecule has 0 aliphatic carbocycles. The van der Waals surface area contributed by atoms with Crippen molar-refractivity contribution in [2.24, 2.45) is 0 Å². The van der Waals surface area contributed by atoms with Crippen molar-refractivity contribution in [3.63, 3.8) is 0 Å². The van der Waals surface area contributed by atoms with E-state index in [1.807, 2.05) is 42.5 Å². The number of para-hydroxylation sites is 1. The number of nitrogens with one attached hydrogen (secondary N) is 1. The molecule has 0 atom stereocenters. The minimum absolute atomic E-state index is 0.261. The van der Waals surface area contributed by atoms with Crippen LogP contribution >= 0.6 is 0 Å². The van der Waals surface area contributed by atoms with Crippen LogP contribution in [0.2, 0.25) is 0 Å². The molecule has 0 bridgehead atoms. The lowest BCUT2D eigenvalue weighted by molar-refractivity contribution is 0.0699. The number of ether oxygens (including phenoxy) is 2. The monoisotopic (exact) mass is 394 g/mol. The van der Waals surface area contributed by atoms with E-state index in [0.717, 1.165) is 44.0 Å². The molecule has 0 saturated carbocycles. The third kappa shape index (κ3) is 5.76. The van der Waals surface area contributed by atoms with Crippen molar-refractivity contribution in [3.05, 3.63) is 60.2 Å². The summed E-state index contributed by atoms with van der Waals surface area (Å²) in [5.41, 5.74) is 2.44. The number of carbonyl (C=O) groups is 1. The molecule has 1 saturated heterocycles. The number of fused-ring (bicyclic) bond motifs is 1. The predicted molar refractivity (Wildman–Crippen MR) is 114 cm³/mol. The van der Waals surface area contributed by atoms with Gasteiger partial charge in [0.1, 0.15) is 5.75 Å². The molecule has 4 rings (SSSR count). The Hall–Kier alpha value is -2.96. The van der Waals surface area contributed by atoms with Crippen LogP contribution in [0.5, 0.6) is 5.75 Å². The highest BCUT2D eigenvalue weighted by Gasteiger charge is 2.12. The highest BCUT2D eigenvalue weighted by Crippen LogP contribution is 2.26. The minimum Gasteiger partial charge on any atom is -0.494 e. The highest BCUT2D eigenvalue weighted by molar-refractivity contribution is 6.03. The topological polar surface area (TPSA) is 80.7 Å². The van der Waals surface area contributed by atoms with Crippen LogP contribution in [-0.2, 0) is 4.74 Å². The van der Waals surface area contributed by atoms with Crippen LogP contribution in [0.15, 0.2) is 54.6 Å². The van der Waals surface area contributed by atoms with Gasteiger partial charge in [-0.15, -0.1) is 0 Å². The molecule has 6 nitrogen and oxygen atoms in total. The van der Waals surface area contributed by atoms with Crippen LogP contribution in [0, 0.1) is 0 Å². The maximum absolute atomic E-state index is 11.5. The molecule has 0 spiro atoms. The molecule has 2 N–H and O–H groups in total. The fraction of sp³-hybridized carbons (Fsp3) is 0.304. The van der Waals surface area contributed by atoms with Gasteiger partial charge in [0.2, 0.25) is 0 Å². The summed E-state index contributed by atoms with van der Waals surface area (Å²) in [6.45, 7) is 6.57. The highest BCUT2D eigenvalue weighted by atomic mass is 16.5. The lowest BCUT2D eigenvalue weighted by atomic mass is 10.0. The SMILES string of the molecule is C1COCCN1.CCCOc1ccc(-c2cc(C(=O)O)c3ccccc3n2)cc1. The van der Waals surface area contributed by atoms with Gasteiger partial charge in [-0.3, -0.25) is 0 Å². The Bertz CT molecular complexity index is 926. The number of nitrogens with zero attached hydrogens (tertiary/aromatic N) is 1. The van der Waals surface area contributed by atoms with E-state index >= 15 is 0 Å². The minimum atomic E-state index is -0.951. The maximum Gasteiger partial charge on any atom is 0.336 e. The lowest BCUT2D eigenvalue weighted by Gasteiger charge is -2.10. The van der Waals surface area contributed by atoms with Crippen molar-refractivity contribution in [2.45, 2.75) is 13.3 Å². The molecule has 1 aromatic heterocycles.